The molecule has 0 amide bonds. The van der Waals surface area contributed by atoms with Gasteiger partial charge in [-0.2, -0.15) is 0 Å². The van der Waals surface area contributed by atoms with Gasteiger partial charge in [0.05, 0.1) is 0 Å². The van der Waals surface area contributed by atoms with Crippen LogP contribution in [0.5, 0.6) is 0 Å². The molecule has 0 bridgehead atoms. The minimum Gasteiger partial charge on any atom is -0.301 e. The maximum absolute atomic E-state index is 3.77. The highest BCUT2D eigenvalue weighted by molar-refractivity contribution is 4.78. The molecule has 0 saturated carbocycles. The number of hydrogen-bond donors (Lipinski definition) is 0. The molecule has 0 aliphatic carbocycles. The van der Waals surface area contributed by atoms with Crippen molar-refractivity contribution < 1.29 is 0 Å². The van der Waals surface area contributed by atoms with Crippen molar-refractivity contribution >= 4 is 0 Å². The lowest BCUT2D eigenvalue weighted by Crippen LogP contribution is -2.46. The predicted octanol–water partition coefficient (Wildman–Crippen LogP) is 1.59. The van der Waals surface area contributed by atoms with Crippen molar-refractivity contribution in [1.29, 1.82) is 0 Å². The number of hydrogen-bond acceptors (Lipinski definition) is 2. The minimum atomic E-state index is 1.06. The normalized spacial score (nSPS) is 20.4. The molecule has 0 aromatic carbocycles. The standard InChI is InChI=1S/C11H22N2/c1-3-5-7-13-10-8-12(6-4-2)9-11-13/h4H,2-3,5-11H2,1H3. The molecule has 0 radical (unpaired) electrons. The summed E-state index contributed by atoms with van der Waals surface area (Å²) in [5.41, 5.74) is 0. The summed E-state index contributed by atoms with van der Waals surface area (Å²) in [6.45, 7) is 13.3. The van der Waals surface area contributed by atoms with Crippen LogP contribution < -0.4 is 0 Å². The van der Waals surface area contributed by atoms with Gasteiger partial charge in [-0.3, -0.25) is 4.90 Å². The minimum absolute atomic E-state index is 1.06. The molecular formula is C11H22N2. The average molecular weight is 182 g/mol. The molecule has 1 aliphatic rings. The zero-order valence-corrected chi connectivity index (χ0v) is 8.84. The quantitative estimate of drug-likeness (QED) is 0.596. The van der Waals surface area contributed by atoms with Crippen molar-refractivity contribution in [2.45, 2.75) is 19.8 Å². The lowest BCUT2D eigenvalue weighted by atomic mass is 10.2. The molecule has 1 saturated heterocycles. The molecule has 0 atom stereocenters. The Morgan fingerprint density at radius 2 is 1.77 bits per heavy atom. The monoisotopic (exact) mass is 182 g/mol. The molecule has 1 fully saturated rings. The fraction of sp³-hybridized carbons (Fsp3) is 0.818. The van der Waals surface area contributed by atoms with Crippen molar-refractivity contribution in [2.75, 3.05) is 39.3 Å². The van der Waals surface area contributed by atoms with Gasteiger partial charge in [0.1, 0.15) is 0 Å². The van der Waals surface area contributed by atoms with E-state index in [0.717, 1.165) is 6.54 Å². The predicted molar refractivity (Wildman–Crippen MR) is 58.0 cm³/mol. The summed E-state index contributed by atoms with van der Waals surface area (Å²) in [5.74, 6) is 0. The molecule has 76 valence electrons. The van der Waals surface area contributed by atoms with Gasteiger partial charge in [0, 0.05) is 32.7 Å². The third kappa shape index (κ3) is 3.92. The van der Waals surface area contributed by atoms with E-state index in [0.29, 0.717) is 0 Å². The van der Waals surface area contributed by atoms with E-state index in [1.54, 1.807) is 0 Å². The zero-order chi connectivity index (χ0) is 9.52. The first-order chi connectivity index (χ1) is 6.36. The summed E-state index contributed by atoms with van der Waals surface area (Å²) in [6, 6.07) is 0. The van der Waals surface area contributed by atoms with Crippen LogP contribution in [0.3, 0.4) is 0 Å². The summed E-state index contributed by atoms with van der Waals surface area (Å²) in [6.07, 6.45) is 4.66. The molecule has 1 heterocycles. The molecule has 0 aromatic rings. The van der Waals surface area contributed by atoms with Crippen molar-refractivity contribution in [3.8, 4) is 0 Å². The van der Waals surface area contributed by atoms with Crippen LogP contribution in [-0.2, 0) is 0 Å². The fourth-order valence-corrected chi connectivity index (χ4v) is 1.76. The van der Waals surface area contributed by atoms with E-state index < -0.39 is 0 Å². The molecule has 2 heteroatoms. The third-order valence-electron chi connectivity index (χ3n) is 2.68. The number of nitrogens with zero attached hydrogens (tertiary/aromatic N) is 2. The maximum Gasteiger partial charge on any atom is 0.0161 e. The second-order valence-electron chi connectivity index (χ2n) is 3.78. The topological polar surface area (TPSA) is 6.48 Å². The lowest BCUT2D eigenvalue weighted by molar-refractivity contribution is 0.141. The summed E-state index contributed by atoms with van der Waals surface area (Å²) < 4.78 is 0. The molecule has 0 spiro atoms. The Bertz CT molecular complexity index is 137. The molecule has 0 aromatic heterocycles. The first kappa shape index (κ1) is 10.7. The van der Waals surface area contributed by atoms with Gasteiger partial charge in [-0.25, -0.2) is 0 Å². The zero-order valence-electron chi connectivity index (χ0n) is 8.84. The van der Waals surface area contributed by atoms with Gasteiger partial charge in [-0.15, -0.1) is 6.58 Å². The largest absolute Gasteiger partial charge is 0.301 e. The SMILES string of the molecule is C=CCN1CCN(CCCC)CC1. The third-order valence-corrected chi connectivity index (χ3v) is 2.68. The Hall–Kier alpha value is -0.340. The van der Waals surface area contributed by atoms with E-state index in [4.69, 9.17) is 0 Å². The first-order valence-corrected chi connectivity index (χ1v) is 5.42. The van der Waals surface area contributed by atoms with Gasteiger partial charge >= 0.3 is 0 Å². The fourth-order valence-electron chi connectivity index (χ4n) is 1.76. The summed E-state index contributed by atoms with van der Waals surface area (Å²) >= 11 is 0. The molecule has 0 unspecified atom stereocenters. The van der Waals surface area contributed by atoms with Crippen molar-refractivity contribution in [3.05, 3.63) is 12.7 Å². The van der Waals surface area contributed by atoms with Gasteiger partial charge < -0.3 is 4.90 Å². The van der Waals surface area contributed by atoms with Crippen LogP contribution in [-0.4, -0.2) is 49.1 Å². The van der Waals surface area contributed by atoms with E-state index in [9.17, 15) is 0 Å². The lowest BCUT2D eigenvalue weighted by Gasteiger charge is -2.33. The van der Waals surface area contributed by atoms with Gasteiger partial charge in [-0.05, 0) is 13.0 Å². The van der Waals surface area contributed by atoms with Gasteiger partial charge in [0.25, 0.3) is 0 Å². The van der Waals surface area contributed by atoms with Gasteiger partial charge in [-0.1, -0.05) is 19.4 Å². The Labute approximate surface area is 82.2 Å². The van der Waals surface area contributed by atoms with Crippen LogP contribution in [0.4, 0.5) is 0 Å². The van der Waals surface area contributed by atoms with Crippen LogP contribution in [0.2, 0.25) is 0 Å². The van der Waals surface area contributed by atoms with Crippen LogP contribution in [0, 0.1) is 0 Å². The van der Waals surface area contributed by atoms with E-state index >= 15 is 0 Å². The van der Waals surface area contributed by atoms with Crippen molar-refractivity contribution in [1.82, 2.24) is 9.80 Å². The number of rotatable bonds is 5. The smallest absolute Gasteiger partial charge is 0.0161 e. The summed E-state index contributed by atoms with van der Waals surface area (Å²) in [7, 11) is 0. The molecule has 0 N–H and O–H groups in total. The van der Waals surface area contributed by atoms with Crippen LogP contribution in [0.1, 0.15) is 19.8 Å². The van der Waals surface area contributed by atoms with Crippen molar-refractivity contribution in [2.24, 2.45) is 0 Å². The highest BCUT2D eigenvalue weighted by atomic mass is 15.3. The number of piperazine rings is 1. The molecule has 1 rings (SSSR count). The summed E-state index contributed by atoms with van der Waals surface area (Å²) in [5, 5.41) is 0. The Balaban J connectivity index is 2.11. The molecule has 2 nitrogen and oxygen atoms in total. The van der Waals surface area contributed by atoms with Crippen LogP contribution in [0.25, 0.3) is 0 Å². The second kappa shape index (κ2) is 6.17. The van der Waals surface area contributed by atoms with Gasteiger partial charge in [0.15, 0.2) is 0 Å². The first-order valence-electron chi connectivity index (χ1n) is 5.42. The van der Waals surface area contributed by atoms with Crippen molar-refractivity contribution in [3.63, 3.8) is 0 Å². The Morgan fingerprint density at radius 1 is 1.15 bits per heavy atom. The molecular weight excluding hydrogens is 160 g/mol. The second-order valence-corrected chi connectivity index (χ2v) is 3.78. The van der Waals surface area contributed by atoms with E-state index in [-0.39, 0.29) is 0 Å². The van der Waals surface area contributed by atoms with E-state index in [2.05, 4.69) is 23.3 Å². The Morgan fingerprint density at radius 3 is 2.31 bits per heavy atom. The van der Waals surface area contributed by atoms with Crippen LogP contribution in [0.15, 0.2) is 12.7 Å². The average Bonchev–Trinajstić information content (AvgIpc) is 2.17. The highest BCUT2D eigenvalue weighted by Crippen LogP contribution is 2.02. The van der Waals surface area contributed by atoms with Gasteiger partial charge in [0.2, 0.25) is 0 Å². The maximum atomic E-state index is 3.77. The molecule has 13 heavy (non-hydrogen) atoms. The summed E-state index contributed by atoms with van der Waals surface area (Å²) in [4.78, 5) is 5.04. The van der Waals surface area contributed by atoms with Crippen LogP contribution >= 0.6 is 0 Å². The highest BCUT2D eigenvalue weighted by Gasteiger charge is 2.14. The van der Waals surface area contributed by atoms with E-state index in [1.165, 1.54) is 45.6 Å². The molecule has 1 aliphatic heterocycles. The Kier molecular flexibility index (Phi) is 5.09. The number of unbranched alkanes of at least 4 members (excludes halogenated alkanes) is 1. The van der Waals surface area contributed by atoms with E-state index in [1.807, 2.05) is 6.08 Å².